The molecule has 0 unspecified atom stereocenters. The number of aryl methyl sites for hydroxylation is 2. The van der Waals surface area contributed by atoms with Crippen LogP contribution in [0.4, 0.5) is 17.2 Å². The summed E-state index contributed by atoms with van der Waals surface area (Å²) in [5.41, 5.74) is 11.4. The quantitative estimate of drug-likeness (QED) is 0.876. The molecule has 0 radical (unpaired) electrons. The molecule has 0 amide bonds. The summed E-state index contributed by atoms with van der Waals surface area (Å²) < 4.78 is 5.23. The lowest BCUT2D eigenvalue weighted by Crippen LogP contribution is -2.47. The molecule has 0 atom stereocenters. The number of rotatable bonds is 4. The van der Waals surface area contributed by atoms with Crippen molar-refractivity contribution in [2.45, 2.75) is 20.5 Å². The Morgan fingerprint density at radius 2 is 1.75 bits per heavy atom. The third kappa shape index (κ3) is 3.62. The molecule has 0 saturated carbocycles. The van der Waals surface area contributed by atoms with E-state index in [1.54, 1.807) is 7.11 Å². The monoisotopic (exact) mass is 326 g/mol. The molecule has 128 valence electrons. The molecule has 1 aliphatic rings. The molecule has 3 rings (SSSR count). The van der Waals surface area contributed by atoms with E-state index in [2.05, 4.69) is 52.9 Å². The Morgan fingerprint density at radius 3 is 2.42 bits per heavy atom. The van der Waals surface area contributed by atoms with Crippen molar-refractivity contribution in [3.8, 4) is 0 Å². The zero-order valence-corrected chi connectivity index (χ0v) is 14.7. The van der Waals surface area contributed by atoms with Crippen molar-refractivity contribution in [3.05, 3.63) is 47.2 Å². The molecule has 2 heterocycles. The van der Waals surface area contributed by atoms with Crippen molar-refractivity contribution in [2.24, 2.45) is 0 Å². The topological polar surface area (TPSA) is 54.6 Å². The Morgan fingerprint density at radius 1 is 1.04 bits per heavy atom. The van der Waals surface area contributed by atoms with E-state index < -0.39 is 0 Å². The van der Waals surface area contributed by atoms with Crippen molar-refractivity contribution < 1.29 is 4.74 Å². The largest absolute Gasteiger partial charge is 0.398 e. The summed E-state index contributed by atoms with van der Waals surface area (Å²) in [6.07, 6.45) is 0. The number of anilines is 3. The number of benzene rings is 1. The van der Waals surface area contributed by atoms with Gasteiger partial charge in [-0.3, -0.25) is 0 Å². The third-order valence-electron chi connectivity index (χ3n) is 4.48. The van der Waals surface area contributed by atoms with Crippen molar-refractivity contribution in [1.29, 1.82) is 0 Å². The highest BCUT2D eigenvalue weighted by atomic mass is 16.5. The van der Waals surface area contributed by atoms with Crippen molar-refractivity contribution in [3.63, 3.8) is 0 Å². The Labute approximate surface area is 144 Å². The average molecular weight is 326 g/mol. The van der Waals surface area contributed by atoms with Gasteiger partial charge in [0.2, 0.25) is 0 Å². The first kappa shape index (κ1) is 16.6. The van der Waals surface area contributed by atoms with E-state index in [4.69, 9.17) is 10.5 Å². The number of hydrogen-bond acceptors (Lipinski definition) is 5. The summed E-state index contributed by atoms with van der Waals surface area (Å²) in [5.74, 6) is 1.09. The predicted molar refractivity (Wildman–Crippen MR) is 99.7 cm³/mol. The van der Waals surface area contributed by atoms with Gasteiger partial charge in [0.25, 0.3) is 0 Å². The van der Waals surface area contributed by atoms with Crippen molar-refractivity contribution in [2.75, 3.05) is 48.8 Å². The van der Waals surface area contributed by atoms with E-state index in [-0.39, 0.29) is 0 Å². The normalized spacial score (nSPS) is 15.0. The minimum Gasteiger partial charge on any atom is -0.398 e. The van der Waals surface area contributed by atoms with Crippen LogP contribution < -0.4 is 15.5 Å². The number of nitrogen functional groups attached to an aromatic ring is 1. The fourth-order valence-corrected chi connectivity index (χ4v) is 3.25. The van der Waals surface area contributed by atoms with Crippen LogP contribution in [0.2, 0.25) is 0 Å². The molecule has 1 aromatic heterocycles. The maximum Gasteiger partial charge on any atom is 0.129 e. The summed E-state index contributed by atoms with van der Waals surface area (Å²) in [6.45, 7) is 8.63. The van der Waals surface area contributed by atoms with E-state index in [9.17, 15) is 0 Å². The van der Waals surface area contributed by atoms with Gasteiger partial charge in [0.15, 0.2) is 0 Å². The second-order valence-electron chi connectivity index (χ2n) is 6.43. The Kier molecular flexibility index (Phi) is 4.90. The maximum atomic E-state index is 6.02. The molecule has 0 bridgehead atoms. The van der Waals surface area contributed by atoms with Crippen LogP contribution in [0.25, 0.3) is 0 Å². The average Bonchev–Trinajstić information content (AvgIpc) is 2.56. The molecule has 24 heavy (non-hydrogen) atoms. The van der Waals surface area contributed by atoms with Crippen LogP contribution in [0.15, 0.2) is 30.3 Å². The molecule has 2 N–H and O–H groups in total. The van der Waals surface area contributed by atoms with Gasteiger partial charge in [-0.2, -0.15) is 0 Å². The number of nitrogens with two attached hydrogens (primary N) is 1. The zero-order chi connectivity index (χ0) is 17.1. The minimum atomic E-state index is 0.548. The fraction of sp³-hybridized carbons (Fsp3) is 0.421. The van der Waals surface area contributed by atoms with Crippen LogP contribution in [0.3, 0.4) is 0 Å². The van der Waals surface area contributed by atoms with Gasteiger partial charge in [-0.15, -0.1) is 0 Å². The van der Waals surface area contributed by atoms with Crippen LogP contribution in [-0.4, -0.2) is 38.3 Å². The smallest absolute Gasteiger partial charge is 0.129 e. The highest BCUT2D eigenvalue weighted by Crippen LogP contribution is 2.24. The van der Waals surface area contributed by atoms with E-state index in [1.165, 1.54) is 11.3 Å². The van der Waals surface area contributed by atoms with Gasteiger partial charge in [-0.1, -0.05) is 0 Å². The maximum absolute atomic E-state index is 6.02. The first-order valence-corrected chi connectivity index (χ1v) is 8.39. The number of ether oxygens (including phenoxy) is 1. The van der Waals surface area contributed by atoms with Crippen LogP contribution in [0.5, 0.6) is 0 Å². The summed E-state index contributed by atoms with van der Waals surface area (Å²) in [6, 6.07) is 10.5. The molecule has 2 aromatic rings. The van der Waals surface area contributed by atoms with Gasteiger partial charge in [-0.25, -0.2) is 4.98 Å². The molecule has 5 nitrogen and oxygen atoms in total. The highest BCUT2D eigenvalue weighted by molar-refractivity contribution is 5.59. The van der Waals surface area contributed by atoms with Crippen LogP contribution in [0, 0.1) is 13.8 Å². The second kappa shape index (κ2) is 7.09. The van der Waals surface area contributed by atoms with Crippen molar-refractivity contribution in [1.82, 2.24) is 4.98 Å². The number of piperazine rings is 1. The number of aromatic nitrogens is 1. The minimum absolute atomic E-state index is 0.548. The van der Waals surface area contributed by atoms with Crippen LogP contribution in [-0.2, 0) is 11.3 Å². The molecular formula is C19H26N4O. The molecule has 1 saturated heterocycles. The third-order valence-corrected chi connectivity index (χ3v) is 4.48. The van der Waals surface area contributed by atoms with Crippen LogP contribution in [0.1, 0.15) is 16.8 Å². The van der Waals surface area contributed by atoms with Gasteiger partial charge < -0.3 is 20.3 Å². The van der Waals surface area contributed by atoms with E-state index in [0.29, 0.717) is 6.61 Å². The lowest BCUT2D eigenvalue weighted by molar-refractivity contribution is 0.185. The Hall–Kier alpha value is -2.27. The number of methoxy groups -OCH3 is 1. The summed E-state index contributed by atoms with van der Waals surface area (Å²) >= 11 is 0. The van der Waals surface area contributed by atoms with Gasteiger partial charge in [0.05, 0.1) is 6.61 Å². The summed E-state index contributed by atoms with van der Waals surface area (Å²) in [4.78, 5) is 9.45. The van der Waals surface area contributed by atoms with Gasteiger partial charge in [-0.05, 0) is 49.7 Å². The predicted octanol–water partition coefficient (Wildman–Crippen LogP) is 2.75. The van der Waals surface area contributed by atoms with E-state index in [1.807, 2.05) is 6.07 Å². The van der Waals surface area contributed by atoms with E-state index in [0.717, 1.165) is 48.9 Å². The van der Waals surface area contributed by atoms with Crippen molar-refractivity contribution >= 4 is 17.2 Å². The molecule has 1 aliphatic heterocycles. The first-order chi connectivity index (χ1) is 11.6. The lowest BCUT2D eigenvalue weighted by atomic mass is 10.1. The molecule has 0 aliphatic carbocycles. The standard InChI is InChI=1S/C19H26N4O/c1-14-10-15(2)21-19(11-14)23-8-6-22(7-9-23)17-4-5-18(20)16(12-17)13-24-3/h4-5,10-12H,6-9,13,20H2,1-3H3. The molecule has 1 fully saturated rings. The molecule has 0 spiro atoms. The Bertz CT molecular complexity index is 688. The fourth-order valence-electron chi connectivity index (χ4n) is 3.25. The zero-order valence-electron chi connectivity index (χ0n) is 14.7. The molecule has 1 aromatic carbocycles. The molecule has 5 heteroatoms. The number of pyridine rings is 1. The summed E-state index contributed by atoms with van der Waals surface area (Å²) in [7, 11) is 1.70. The van der Waals surface area contributed by atoms with Gasteiger partial charge >= 0.3 is 0 Å². The number of hydrogen-bond donors (Lipinski definition) is 1. The first-order valence-electron chi connectivity index (χ1n) is 8.39. The van der Waals surface area contributed by atoms with Gasteiger partial charge in [0.1, 0.15) is 5.82 Å². The van der Waals surface area contributed by atoms with E-state index >= 15 is 0 Å². The second-order valence-corrected chi connectivity index (χ2v) is 6.43. The lowest BCUT2D eigenvalue weighted by Gasteiger charge is -2.37. The summed E-state index contributed by atoms with van der Waals surface area (Å²) in [5, 5.41) is 0. The van der Waals surface area contributed by atoms with Crippen LogP contribution >= 0.6 is 0 Å². The molecular weight excluding hydrogens is 300 g/mol. The Balaban J connectivity index is 1.69. The highest BCUT2D eigenvalue weighted by Gasteiger charge is 2.19. The van der Waals surface area contributed by atoms with Gasteiger partial charge in [0, 0.05) is 55.9 Å². The number of nitrogens with zero attached hydrogens (tertiary/aromatic N) is 3. The SMILES string of the molecule is COCc1cc(N2CCN(c3cc(C)cc(C)n3)CC2)ccc1N.